The molecule has 6 heteroatoms. The monoisotopic (exact) mass is 449 g/mol. The molecule has 0 aliphatic carbocycles. The molecule has 5 nitrogen and oxygen atoms in total. The van der Waals surface area contributed by atoms with Gasteiger partial charge in [-0.2, -0.15) is 0 Å². The van der Waals surface area contributed by atoms with Gasteiger partial charge < -0.3 is 14.9 Å². The fourth-order valence-electron chi connectivity index (χ4n) is 4.16. The molecule has 3 aromatic rings. The van der Waals surface area contributed by atoms with E-state index < -0.39 is 11.9 Å². The second kappa shape index (κ2) is 9.84. The summed E-state index contributed by atoms with van der Waals surface area (Å²) >= 11 is 1.71. The zero-order chi connectivity index (χ0) is 22.7. The van der Waals surface area contributed by atoms with E-state index in [9.17, 15) is 9.90 Å². The summed E-state index contributed by atoms with van der Waals surface area (Å²) in [4.78, 5) is 21.4. The Labute approximate surface area is 194 Å². The number of piperazine rings is 1. The van der Waals surface area contributed by atoms with E-state index in [2.05, 4.69) is 60.3 Å². The van der Waals surface area contributed by atoms with Gasteiger partial charge in [0.25, 0.3) is 0 Å². The van der Waals surface area contributed by atoms with Crippen molar-refractivity contribution in [1.29, 1.82) is 0 Å². The van der Waals surface area contributed by atoms with Crippen LogP contribution in [-0.2, 0) is 4.79 Å². The quantitative estimate of drug-likeness (QED) is 0.520. The molecule has 0 spiro atoms. The van der Waals surface area contributed by atoms with Crippen molar-refractivity contribution < 1.29 is 9.90 Å². The summed E-state index contributed by atoms with van der Waals surface area (Å²) in [6.45, 7) is 8.31. The number of carboxylic acids is 1. The smallest absolute Gasteiger partial charge is 0.310 e. The number of carbonyl (C=O) groups is 1. The zero-order valence-electron chi connectivity index (χ0n) is 19.0. The third-order valence-corrected chi connectivity index (χ3v) is 6.98. The normalized spacial score (nSPS) is 15.8. The summed E-state index contributed by atoms with van der Waals surface area (Å²) < 4.78 is 0. The Morgan fingerprint density at radius 1 is 1.03 bits per heavy atom. The molecule has 4 rings (SSSR count). The Bertz CT molecular complexity index is 1050. The highest BCUT2D eigenvalue weighted by molar-refractivity contribution is 7.14. The van der Waals surface area contributed by atoms with Crippen LogP contribution in [0.5, 0.6) is 0 Å². The van der Waals surface area contributed by atoms with Gasteiger partial charge >= 0.3 is 5.97 Å². The fourth-order valence-corrected chi connectivity index (χ4v) is 5.05. The molecule has 0 bridgehead atoms. The summed E-state index contributed by atoms with van der Waals surface area (Å²) in [6.07, 6.45) is 0.636. The van der Waals surface area contributed by atoms with Crippen molar-refractivity contribution in [1.82, 2.24) is 9.88 Å². The van der Waals surface area contributed by atoms with Crippen molar-refractivity contribution in [3.8, 4) is 22.4 Å². The lowest BCUT2D eigenvalue weighted by Crippen LogP contribution is -2.44. The first-order valence-corrected chi connectivity index (χ1v) is 12.1. The molecule has 2 aromatic carbocycles. The first-order chi connectivity index (χ1) is 15.4. The van der Waals surface area contributed by atoms with Crippen LogP contribution in [0.15, 0.2) is 53.9 Å². The van der Waals surface area contributed by atoms with E-state index in [1.807, 2.05) is 24.3 Å². The van der Waals surface area contributed by atoms with Gasteiger partial charge in [-0.3, -0.25) is 4.79 Å². The van der Waals surface area contributed by atoms with E-state index in [0.29, 0.717) is 12.3 Å². The molecule has 1 saturated heterocycles. The van der Waals surface area contributed by atoms with Gasteiger partial charge in [0.1, 0.15) is 0 Å². The highest BCUT2D eigenvalue weighted by atomic mass is 32.1. The fraction of sp³-hybridized carbons (Fsp3) is 0.385. The lowest BCUT2D eigenvalue weighted by molar-refractivity contribution is -0.139. The molecular weight excluding hydrogens is 418 g/mol. The minimum atomic E-state index is -0.758. The number of aromatic nitrogens is 1. The lowest BCUT2D eigenvalue weighted by Gasteiger charge is -2.32. The van der Waals surface area contributed by atoms with Gasteiger partial charge in [0.2, 0.25) is 0 Å². The molecule has 168 valence electrons. The molecule has 1 aromatic heterocycles. The molecule has 0 saturated carbocycles. The van der Waals surface area contributed by atoms with Crippen molar-refractivity contribution >= 4 is 22.4 Å². The second-order valence-corrected chi connectivity index (χ2v) is 9.87. The predicted molar refractivity (Wildman–Crippen MR) is 133 cm³/mol. The number of benzene rings is 2. The van der Waals surface area contributed by atoms with Crippen molar-refractivity contribution in [3.05, 3.63) is 59.5 Å². The number of hydrogen-bond acceptors (Lipinski definition) is 5. The second-order valence-electron chi connectivity index (χ2n) is 9.03. The number of rotatable bonds is 7. The van der Waals surface area contributed by atoms with E-state index in [4.69, 9.17) is 4.98 Å². The van der Waals surface area contributed by atoms with E-state index in [1.54, 1.807) is 11.3 Å². The maximum absolute atomic E-state index is 11.8. The number of nitrogens with zero attached hydrogens (tertiary/aromatic N) is 3. The molecular formula is C26H31N3O2S. The summed E-state index contributed by atoms with van der Waals surface area (Å²) in [5.74, 6) is -0.906. The lowest BCUT2D eigenvalue weighted by atomic mass is 9.88. The molecule has 0 radical (unpaired) electrons. The van der Waals surface area contributed by atoms with Crippen LogP contribution in [0.2, 0.25) is 0 Å². The van der Waals surface area contributed by atoms with Gasteiger partial charge in [-0.25, -0.2) is 4.98 Å². The Morgan fingerprint density at radius 2 is 1.72 bits per heavy atom. The average Bonchev–Trinajstić information content (AvgIpc) is 3.28. The molecule has 1 N–H and O–H groups in total. The minimum Gasteiger partial charge on any atom is -0.481 e. The van der Waals surface area contributed by atoms with Gasteiger partial charge in [0, 0.05) is 37.1 Å². The number of carboxylic acid groups (broad SMARTS) is 1. The standard InChI is InChI=1S/C26H31N3O2S/c1-18(2)15-23(25(30)31)22-6-4-5-21(16-22)19-7-9-20(10-8-19)24-17-32-26(27-24)29-13-11-28(3)12-14-29/h4-10,16-18,23H,11-15H2,1-3H3,(H,30,31). The molecule has 1 aliphatic heterocycles. The van der Waals surface area contributed by atoms with Crippen molar-refractivity contribution in [3.63, 3.8) is 0 Å². The number of aliphatic carboxylic acids is 1. The van der Waals surface area contributed by atoms with E-state index in [1.165, 1.54) is 0 Å². The van der Waals surface area contributed by atoms with Gasteiger partial charge in [-0.05, 0) is 36.1 Å². The van der Waals surface area contributed by atoms with Crippen LogP contribution in [0.25, 0.3) is 22.4 Å². The Hall–Kier alpha value is -2.70. The summed E-state index contributed by atoms with van der Waals surface area (Å²) in [5.41, 5.74) is 5.10. The Kier molecular flexibility index (Phi) is 6.92. The van der Waals surface area contributed by atoms with Crippen LogP contribution in [0.1, 0.15) is 31.7 Å². The molecule has 1 unspecified atom stereocenters. The third kappa shape index (κ3) is 5.19. The van der Waals surface area contributed by atoms with E-state index in [-0.39, 0.29) is 0 Å². The van der Waals surface area contributed by atoms with Crippen LogP contribution in [0.3, 0.4) is 0 Å². The first kappa shape index (κ1) is 22.5. The van der Waals surface area contributed by atoms with Gasteiger partial charge in [-0.15, -0.1) is 11.3 Å². The number of likely N-dealkylation sites (N-methyl/N-ethyl adjacent to an activating group) is 1. The molecule has 32 heavy (non-hydrogen) atoms. The summed E-state index contributed by atoms with van der Waals surface area (Å²) in [6, 6.07) is 16.3. The molecule has 0 amide bonds. The summed E-state index contributed by atoms with van der Waals surface area (Å²) in [7, 11) is 2.16. The summed E-state index contributed by atoms with van der Waals surface area (Å²) in [5, 5.41) is 12.9. The van der Waals surface area contributed by atoms with Crippen molar-refractivity contribution in [2.45, 2.75) is 26.2 Å². The van der Waals surface area contributed by atoms with Crippen LogP contribution in [0, 0.1) is 5.92 Å². The highest BCUT2D eigenvalue weighted by Gasteiger charge is 2.21. The highest BCUT2D eigenvalue weighted by Crippen LogP contribution is 2.31. The first-order valence-electron chi connectivity index (χ1n) is 11.2. The topological polar surface area (TPSA) is 56.7 Å². The van der Waals surface area contributed by atoms with Crippen LogP contribution in [0.4, 0.5) is 5.13 Å². The van der Waals surface area contributed by atoms with Crippen molar-refractivity contribution in [2.24, 2.45) is 5.92 Å². The largest absolute Gasteiger partial charge is 0.481 e. The van der Waals surface area contributed by atoms with E-state index in [0.717, 1.165) is 59.3 Å². The van der Waals surface area contributed by atoms with Crippen LogP contribution in [-0.4, -0.2) is 54.2 Å². The maximum Gasteiger partial charge on any atom is 0.310 e. The number of anilines is 1. The van der Waals surface area contributed by atoms with Gasteiger partial charge in [0.15, 0.2) is 5.13 Å². The molecule has 2 heterocycles. The van der Waals surface area contributed by atoms with Crippen molar-refractivity contribution in [2.75, 3.05) is 38.1 Å². The Balaban J connectivity index is 1.51. The number of hydrogen-bond donors (Lipinski definition) is 1. The SMILES string of the molecule is CC(C)CC(C(=O)O)c1cccc(-c2ccc(-c3csc(N4CCN(C)CC4)n3)cc2)c1. The maximum atomic E-state index is 11.8. The van der Waals surface area contributed by atoms with Gasteiger partial charge in [0.05, 0.1) is 11.6 Å². The molecule has 1 fully saturated rings. The van der Waals surface area contributed by atoms with Crippen LogP contribution < -0.4 is 4.90 Å². The van der Waals surface area contributed by atoms with Crippen LogP contribution >= 0.6 is 11.3 Å². The third-order valence-electron chi connectivity index (χ3n) is 6.07. The number of thiazole rings is 1. The van der Waals surface area contributed by atoms with E-state index >= 15 is 0 Å². The average molecular weight is 450 g/mol. The molecule has 1 atom stereocenters. The minimum absolute atomic E-state index is 0.327. The molecule has 1 aliphatic rings. The predicted octanol–water partition coefficient (Wildman–Crippen LogP) is 5.44. The Morgan fingerprint density at radius 3 is 2.38 bits per heavy atom. The zero-order valence-corrected chi connectivity index (χ0v) is 19.8. The van der Waals surface area contributed by atoms with Gasteiger partial charge in [-0.1, -0.05) is 62.4 Å².